The lowest BCUT2D eigenvalue weighted by Crippen LogP contribution is -1.87. The molecule has 0 radical (unpaired) electrons. The molecule has 12 aromatic carbocycles. The van der Waals surface area contributed by atoms with Crippen LogP contribution in [0.15, 0.2) is 133 Å². The molecule has 206 valence electrons. The Morgan fingerprint density at radius 2 is 0.609 bits per heavy atom. The largest absolute Gasteiger partial charge is 0.0616 e. The quantitative estimate of drug-likeness (QED) is 0.125. The van der Waals surface area contributed by atoms with Gasteiger partial charge in [-0.1, -0.05) is 115 Å². The van der Waals surface area contributed by atoms with Crippen LogP contribution in [0.4, 0.5) is 0 Å². The molecule has 0 aromatic heterocycles. The number of benzene rings is 10. The van der Waals surface area contributed by atoms with Crippen LogP contribution in [0.2, 0.25) is 0 Å². The second-order valence-corrected chi connectivity index (χ2v) is 13.5. The molecule has 0 saturated heterocycles. The van der Waals surface area contributed by atoms with Gasteiger partial charge in [-0.2, -0.15) is 0 Å². The van der Waals surface area contributed by atoms with Gasteiger partial charge in [-0.3, -0.25) is 0 Å². The van der Waals surface area contributed by atoms with Crippen LogP contribution in [0.3, 0.4) is 0 Å². The van der Waals surface area contributed by atoms with Crippen molar-refractivity contribution < 1.29 is 0 Å². The van der Waals surface area contributed by atoms with Gasteiger partial charge >= 0.3 is 0 Å². The minimum atomic E-state index is 1.32. The van der Waals surface area contributed by atoms with Gasteiger partial charge in [0.15, 0.2) is 0 Å². The third-order valence-corrected chi connectivity index (χ3v) is 11.6. The first kappa shape index (κ1) is 22.5. The number of hydrogen-bond donors (Lipinski definition) is 0. The lowest BCUT2D eigenvalue weighted by Gasteiger charge is -2.16. The molecule has 0 unspecified atom stereocenters. The van der Waals surface area contributed by atoms with Crippen LogP contribution < -0.4 is 0 Å². The first-order chi connectivity index (χ1) is 22.8. The van der Waals surface area contributed by atoms with E-state index in [0.29, 0.717) is 0 Å². The average Bonchev–Trinajstić information content (AvgIpc) is 3.73. The predicted octanol–water partition coefficient (Wildman–Crippen LogP) is 13.2. The molecule has 13 rings (SSSR count). The van der Waals surface area contributed by atoms with Gasteiger partial charge < -0.3 is 0 Å². The zero-order valence-electron chi connectivity index (χ0n) is 24.7. The van der Waals surface area contributed by atoms with Crippen molar-refractivity contribution in [2.75, 3.05) is 0 Å². The van der Waals surface area contributed by atoms with Crippen molar-refractivity contribution in [2.24, 2.45) is 0 Å². The Bertz CT molecular complexity index is 3260. The summed E-state index contributed by atoms with van der Waals surface area (Å²) in [4.78, 5) is 0. The summed E-state index contributed by atoms with van der Waals surface area (Å²) in [5.41, 5.74) is 5.45. The van der Waals surface area contributed by atoms with Crippen molar-refractivity contribution in [3.63, 3.8) is 0 Å². The second kappa shape index (κ2) is 7.28. The van der Waals surface area contributed by atoms with Crippen LogP contribution in [0, 0.1) is 0 Å². The zero-order chi connectivity index (χ0) is 29.4. The van der Waals surface area contributed by atoms with Crippen molar-refractivity contribution in [1.82, 2.24) is 0 Å². The standard InChI is InChI=1S/C46H22/c1-2-7-25-24(6-1)30-12-14-32-34-16-18-36-39-20-23-21-41-27-9-4-3-8-26(27)28-10-5-11-29(42(28)41)38(23)22-40(39)37-19-17-35(45(34)46(36)37)33-15-13-31(25)43(30)44(32)33/h1-22H. The van der Waals surface area contributed by atoms with Crippen LogP contribution in [-0.4, -0.2) is 0 Å². The van der Waals surface area contributed by atoms with Gasteiger partial charge in [-0.25, -0.2) is 0 Å². The predicted molar refractivity (Wildman–Crippen MR) is 199 cm³/mol. The molecule has 0 fully saturated rings. The van der Waals surface area contributed by atoms with Crippen LogP contribution in [-0.2, 0) is 0 Å². The van der Waals surface area contributed by atoms with E-state index >= 15 is 0 Å². The van der Waals surface area contributed by atoms with E-state index in [2.05, 4.69) is 133 Å². The van der Waals surface area contributed by atoms with E-state index < -0.39 is 0 Å². The monoisotopic (exact) mass is 574 g/mol. The van der Waals surface area contributed by atoms with Crippen LogP contribution in [0.5, 0.6) is 0 Å². The van der Waals surface area contributed by atoms with E-state index in [1.165, 1.54) is 130 Å². The molecule has 0 heteroatoms. The first-order valence-corrected chi connectivity index (χ1v) is 16.3. The molecule has 0 bridgehead atoms. The molecule has 0 N–H and O–H groups in total. The zero-order valence-corrected chi connectivity index (χ0v) is 24.7. The highest BCUT2D eigenvalue weighted by molar-refractivity contribution is 6.44. The van der Waals surface area contributed by atoms with E-state index in [0.717, 1.165) is 0 Å². The summed E-state index contributed by atoms with van der Waals surface area (Å²) in [6.45, 7) is 0. The van der Waals surface area contributed by atoms with E-state index in [1.807, 2.05) is 0 Å². The SMILES string of the molecule is c1ccc2c(c1)-c1ccc3c4ccc5c6cc7cc8c9ccccc9c9cccc(c7cc6c6ccc(c7ccc-2c1c37)c4c56)c98. The Balaban J connectivity index is 1.21. The molecular formula is C46H22. The van der Waals surface area contributed by atoms with Crippen molar-refractivity contribution in [2.45, 2.75) is 0 Å². The van der Waals surface area contributed by atoms with Crippen molar-refractivity contribution in [1.29, 1.82) is 0 Å². The van der Waals surface area contributed by atoms with Gasteiger partial charge in [0, 0.05) is 0 Å². The minimum Gasteiger partial charge on any atom is -0.0616 e. The molecular weight excluding hydrogens is 553 g/mol. The lowest BCUT2D eigenvalue weighted by molar-refractivity contribution is 1.70. The normalized spacial score (nSPS) is 13.2. The maximum absolute atomic E-state index is 2.49. The summed E-state index contributed by atoms with van der Waals surface area (Å²) in [6, 6.07) is 51.2. The Labute approximate surface area is 262 Å². The summed E-state index contributed by atoms with van der Waals surface area (Å²) in [5, 5.41) is 27.4. The molecule has 0 amide bonds. The van der Waals surface area contributed by atoms with Gasteiger partial charge in [0.2, 0.25) is 0 Å². The first-order valence-electron chi connectivity index (χ1n) is 16.3. The Morgan fingerprint density at radius 1 is 0.196 bits per heavy atom. The van der Waals surface area contributed by atoms with Gasteiger partial charge in [-0.15, -0.1) is 0 Å². The second-order valence-electron chi connectivity index (χ2n) is 13.5. The highest BCUT2D eigenvalue weighted by atomic mass is 14.3. The van der Waals surface area contributed by atoms with E-state index in [1.54, 1.807) is 0 Å². The summed E-state index contributed by atoms with van der Waals surface area (Å²) < 4.78 is 0. The highest BCUT2D eigenvalue weighted by Gasteiger charge is 2.26. The average molecular weight is 575 g/mol. The molecule has 0 spiro atoms. The van der Waals surface area contributed by atoms with Gasteiger partial charge in [0.1, 0.15) is 0 Å². The smallest absolute Gasteiger partial charge is 0.00139 e. The number of fused-ring (bicyclic) bond motifs is 13. The maximum atomic E-state index is 2.49. The van der Waals surface area contributed by atoms with E-state index in [9.17, 15) is 0 Å². The summed E-state index contributed by atoms with van der Waals surface area (Å²) in [7, 11) is 0. The van der Waals surface area contributed by atoms with Crippen molar-refractivity contribution >= 4 is 108 Å². The fraction of sp³-hybridized carbons (Fsp3) is 0. The molecule has 0 aliphatic heterocycles. The third kappa shape index (κ3) is 2.32. The van der Waals surface area contributed by atoms with Gasteiger partial charge in [0.05, 0.1) is 0 Å². The van der Waals surface area contributed by atoms with E-state index in [-0.39, 0.29) is 0 Å². The fourth-order valence-corrected chi connectivity index (χ4v) is 9.84. The molecule has 12 aromatic rings. The van der Waals surface area contributed by atoms with Crippen molar-refractivity contribution in [3.05, 3.63) is 133 Å². The molecule has 1 aliphatic rings. The van der Waals surface area contributed by atoms with Gasteiger partial charge in [0.25, 0.3) is 0 Å². The summed E-state index contributed by atoms with van der Waals surface area (Å²) in [6.07, 6.45) is 0. The Kier molecular flexibility index (Phi) is 3.56. The Hall–Kier alpha value is -5.98. The number of hydrogen-bond acceptors (Lipinski definition) is 0. The topological polar surface area (TPSA) is 0 Å². The summed E-state index contributed by atoms with van der Waals surface area (Å²) >= 11 is 0. The van der Waals surface area contributed by atoms with Crippen LogP contribution >= 0.6 is 0 Å². The fourth-order valence-electron chi connectivity index (χ4n) is 9.84. The summed E-state index contributed by atoms with van der Waals surface area (Å²) in [5.74, 6) is 0. The molecule has 0 heterocycles. The lowest BCUT2D eigenvalue weighted by atomic mass is 9.87. The van der Waals surface area contributed by atoms with E-state index in [4.69, 9.17) is 0 Å². The Morgan fingerprint density at radius 3 is 1.24 bits per heavy atom. The molecule has 0 atom stereocenters. The molecule has 0 nitrogen and oxygen atoms in total. The van der Waals surface area contributed by atoms with Crippen molar-refractivity contribution in [3.8, 4) is 22.3 Å². The van der Waals surface area contributed by atoms with Gasteiger partial charge in [-0.05, 0) is 148 Å². The minimum absolute atomic E-state index is 1.32. The molecule has 1 aliphatic carbocycles. The third-order valence-electron chi connectivity index (χ3n) is 11.6. The molecule has 0 saturated carbocycles. The molecule has 46 heavy (non-hydrogen) atoms. The van der Waals surface area contributed by atoms with Crippen LogP contribution in [0.1, 0.15) is 0 Å². The maximum Gasteiger partial charge on any atom is -0.00139 e. The van der Waals surface area contributed by atoms with Crippen LogP contribution in [0.25, 0.3) is 130 Å². The number of rotatable bonds is 0. The highest BCUT2D eigenvalue weighted by Crippen LogP contribution is 2.54.